The third-order valence-corrected chi connectivity index (χ3v) is 7.83. The Morgan fingerprint density at radius 3 is 2.07 bits per heavy atom. The lowest BCUT2D eigenvalue weighted by Gasteiger charge is -2.24. The molecule has 0 spiro atoms. The highest BCUT2D eigenvalue weighted by atomic mass is 35.5. The average Bonchev–Trinajstić information content (AvgIpc) is 3.49. The predicted octanol–water partition coefficient (Wildman–Crippen LogP) is 4.87. The van der Waals surface area contributed by atoms with Gasteiger partial charge in [-0.25, -0.2) is 0 Å². The third-order valence-electron chi connectivity index (χ3n) is 7.58. The first kappa shape index (κ1) is 28.4. The number of carbonyl (C=O) groups is 4. The molecule has 0 unspecified atom stereocenters. The number of fused-ring (bicyclic) bond motifs is 1. The van der Waals surface area contributed by atoms with Gasteiger partial charge in [0.25, 0.3) is 11.8 Å². The Balaban J connectivity index is 1.42. The van der Waals surface area contributed by atoms with Crippen LogP contribution >= 0.6 is 11.6 Å². The van der Waals surface area contributed by atoms with Gasteiger partial charge in [-0.3, -0.25) is 19.2 Å². The van der Waals surface area contributed by atoms with Crippen LogP contribution in [0.15, 0.2) is 66.7 Å². The molecule has 3 aromatic rings. The minimum absolute atomic E-state index is 0.0288. The molecule has 2 heterocycles. The normalized spacial score (nSPS) is 15.0. The molecule has 1 saturated heterocycles. The monoisotopic (exact) mass is 573 g/mol. The van der Waals surface area contributed by atoms with E-state index in [9.17, 15) is 19.2 Å². The SMILES string of the molecule is COC(=O)CCc1ccc2c(c1)CN(C(=O)c1ccc(Cl)cc1)CC(=O)N2Cc1ccc(C(=O)N2CCCC2)cc1. The molecule has 0 aromatic heterocycles. The van der Waals surface area contributed by atoms with Gasteiger partial charge in [-0.1, -0.05) is 35.9 Å². The number of anilines is 1. The van der Waals surface area contributed by atoms with Crippen LogP contribution in [0.25, 0.3) is 0 Å². The summed E-state index contributed by atoms with van der Waals surface area (Å²) in [5.74, 6) is -0.762. The van der Waals surface area contributed by atoms with Crippen LogP contribution in [0.5, 0.6) is 0 Å². The van der Waals surface area contributed by atoms with Gasteiger partial charge < -0.3 is 19.4 Å². The Labute approximate surface area is 244 Å². The molecule has 212 valence electrons. The van der Waals surface area contributed by atoms with Crippen molar-refractivity contribution in [2.45, 2.75) is 38.8 Å². The minimum atomic E-state index is -0.303. The van der Waals surface area contributed by atoms with Gasteiger partial charge in [0.15, 0.2) is 0 Å². The van der Waals surface area contributed by atoms with Crippen LogP contribution in [-0.2, 0) is 33.8 Å². The number of hydrogen-bond acceptors (Lipinski definition) is 5. The highest BCUT2D eigenvalue weighted by Gasteiger charge is 2.30. The number of benzene rings is 3. The molecule has 1 fully saturated rings. The molecule has 0 aliphatic carbocycles. The summed E-state index contributed by atoms with van der Waals surface area (Å²) >= 11 is 6.01. The van der Waals surface area contributed by atoms with Crippen molar-refractivity contribution >= 4 is 41.0 Å². The van der Waals surface area contributed by atoms with Crippen LogP contribution in [0.4, 0.5) is 5.69 Å². The Kier molecular flexibility index (Phi) is 8.69. The Morgan fingerprint density at radius 1 is 0.805 bits per heavy atom. The molecule has 0 atom stereocenters. The highest BCUT2D eigenvalue weighted by molar-refractivity contribution is 6.30. The first-order chi connectivity index (χ1) is 19.8. The van der Waals surface area contributed by atoms with E-state index < -0.39 is 0 Å². The van der Waals surface area contributed by atoms with Crippen molar-refractivity contribution in [2.24, 2.45) is 0 Å². The van der Waals surface area contributed by atoms with Crippen molar-refractivity contribution < 1.29 is 23.9 Å². The van der Waals surface area contributed by atoms with E-state index in [4.69, 9.17) is 16.3 Å². The average molecular weight is 574 g/mol. The molecule has 0 radical (unpaired) electrons. The topological polar surface area (TPSA) is 87.2 Å². The smallest absolute Gasteiger partial charge is 0.305 e. The summed E-state index contributed by atoms with van der Waals surface area (Å²) in [6, 6.07) is 19.7. The summed E-state index contributed by atoms with van der Waals surface area (Å²) in [5.41, 5.74) is 4.37. The number of carbonyl (C=O) groups excluding carboxylic acids is 4. The number of esters is 1. The summed E-state index contributed by atoms with van der Waals surface area (Å²) in [5, 5.41) is 0.522. The van der Waals surface area contributed by atoms with Gasteiger partial charge in [-0.15, -0.1) is 0 Å². The third kappa shape index (κ3) is 6.60. The maximum absolute atomic E-state index is 13.7. The van der Waals surface area contributed by atoms with Crippen LogP contribution in [0.3, 0.4) is 0 Å². The summed E-state index contributed by atoms with van der Waals surface area (Å²) in [4.78, 5) is 56.7. The fourth-order valence-electron chi connectivity index (χ4n) is 5.31. The molecule has 3 amide bonds. The summed E-state index contributed by atoms with van der Waals surface area (Å²) in [7, 11) is 1.36. The molecule has 41 heavy (non-hydrogen) atoms. The maximum Gasteiger partial charge on any atom is 0.305 e. The Bertz CT molecular complexity index is 1450. The van der Waals surface area contributed by atoms with Gasteiger partial charge >= 0.3 is 5.97 Å². The second kappa shape index (κ2) is 12.6. The maximum atomic E-state index is 13.7. The fourth-order valence-corrected chi connectivity index (χ4v) is 5.43. The molecule has 2 aliphatic rings. The number of likely N-dealkylation sites (tertiary alicyclic amines) is 1. The van der Waals surface area contributed by atoms with Crippen molar-refractivity contribution in [3.63, 3.8) is 0 Å². The molecule has 2 aliphatic heterocycles. The second-order valence-corrected chi connectivity index (χ2v) is 10.8. The van der Waals surface area contributed by atoms with Gasteiger partial charge in [0.2, 0.25) is 5.91 Å². The largest absolute Gasteiger partial charge is 0.469 e. The summed E-state index contributed by atoms with van der Waals surface area (Å²) in [6.07, 6.45) is 2.77. The van der Waals surface area contributed by atoms with Gasteiger partial charge in [-0.05, 0) is 78.4 Å². The first-order valence-electron chi connectivity index (χ1n) is 13.7. The minimum Gasteiger partial charge on any atom is -0.469 e. The van der Waals surface area contributed by atoms with E-state index in [2.05, 4.69) is 0 Å². The van der Waals surface area contributed by atoms with Gasteiger partial charge in [0, 0.05) is 47.9 Å². The van der Waals surface area contributed by atoms with Crippen LogP contribution in [0.1, 0.15) is 56.7 Å². The number of halogens is 1. The van der Waals surface area contributed by atoms with Crippen LogP contribution in [0, 0.1) is 0 Å². The van der Waals surface area contributed by atoms with Crippen molar-refractivity contribution in [3.8, 4) is 0 Å². The molecular weight excluding hydrogens is 542 g/mol. The van der Waals surface area contributed by atoms with E-state index >= 15 is 0 Å². The molecular formula is C32H32ClN3O5. The van der Waals surface area contributed by atoms with Gasteiger partial charge in [0.05, 0.1) is 13.7 Å². The molecule has 5 rings (SSSR count). The standard InChI is InChI=1S/C32H32ClN3O5/c1-41-30(38)15-7-22-6-14-28-26(18-22)20-35(32(40)25-10-12-27(33)13-11-25)21-29(37)36(28)19-23-4-8-24(9-5-23)31(39)34-16-2-3-17-34/h4-6,8-14,18H,2-3,7,15-17,19-21H2,1H3. The van der Waals surface area contributed by atoms with Gasteiger partial charge in [-0.2, -0.15) is 0 Å². The van der Waals surface area contributed by atoms with Crippen LogP contribution in [0.2, 0.25) is 5.02 Å². The lowest BCUT2D eigenvalue weighted by molar-refractivity contribution is -0.140. The van der Waals surface area contributed by atoms with E-state index in [0.717, 1.165) is 42.6 Å². The molecule has 9 heteroatoms. The van der Waals surface area contributed by atoms with Crippen molar-refractivity contribution in [2.75, 3.05) is 31.6 Å². The number of amides is 3. The number of rotatable bonds is 7. The zero-order chi connectivity index (χ0) is 28.9. The van der Waals surface area contributed by atoms with Crippen molar-refractivity contribution in [1.82, 2.24) is 9.80 Å². The van der Waals surface area contributed by atoms with Crippen molar-refractivity contribution in [1.29, 1.82) is 0 Å². The molecule has 0 N–H and O–H groups in total. The Hall–Kier alpha value is -4.17. The zero-order valence-electron chi connectivity index (χ0n) is 23.0. The quantitative estimate of drug-likeness (QED) is 0.376. The lowest BCUT2D eigenvalue weighted by atomic mass is 10.0. The number of hydrogen-bond donors (Lipinski definition) is 0. The predicted molar refractivity (Wildman–Crippen MR) is 156 cm³/mol. The zero-order valence-corrected chi connectivity index (χ0v) is 23.7. The molecule has 8 nitrogen and oxygen atoms in total. The van der Waals surface area contributed by atoms with E-state index in [1.54, 1.807) is 29.2 Å². The fraction of sp³-hybridized carbons (Fsp3) is 0.312. The van der Waals surface area contributed by atoms with Crippen LogP contribution in [-0.4, -0.2) is 60.2 Å². The summed E-state index contributed by atoms with van der Waals surface area (Å²) < 4.78 is 4.78. The van der Waals surface area contributed by atoms with Gasteiger partial charge in [0.1, 0.15) is 6.54 Å². The number of nitrogens with zero attached hydrogens (tertiary/aromatic N) is 3. The second-order valence-electron chi connectivity index (χ2n) is 10.4. The van der Waals surface area contributed by atoms with E-state index in [1.165, 1.54) is 12.0 Å². The Morgan fingerprint density at radius 2 is 1.41 bits per heavy atom. The first-order valence-corrected chi connectivity index (χ1v) is 14.1. The molecule has 0 saturated carbocycles. The van der Waals surface area contributed by atoms with E-state index in [0.29, 0.717) is 28.3 Å². The van der Waals surface area contributed by atoms with Crippen molar-refractivity contribution in [3.05, 3.63) is 99.6 Å². The van der Waals surface area contributed by atoms with E-state index in [1.807, 2.05) is 47.4 Å². The highest BCUT2D eigenvalue weighted by Crippen LogP contribution is 2.30. The summed E-state index contributed by atoms with van der Waals surface area (Å²) in [6.45, 7) is 1.99. The number of methoxy groups -OCH3 is 1. The van der Waals surface area contributed by atoms with E-state index in [-0.39, 0.29) is 49.7 Å². The molecule has 3 aromatic carbocycles. The number of ether oxygens (including phenoxy) is 1. The van der Waals surface area contributed by atoms with Crippen LogP contribution < -0.4 is 4.90 Å². The molecule has 0 bridgehead atoms. The lowest BCUT2D eigenvalue weighted by Crippen LogP contribution is -2.39. The number of aryl methyl sites for hydroxylation is 1.